The first-order valence-corrected chi connectivity index (χ1v) is 7.15. The van der Waals surface area contributed by atoms with E-state index in [1.807, 2.05) is 30.3 Å². The number of carbonyl (C=O) groups is 1. The molecule has 1 aliphatic rings. The maximum atomic E-state index is 11.4. The third-order valence-electron chi connectivity index (χ3n) is 3.46. The van der Waals surface area contributed by atoms with E-state index in [-0.39, 0.29) is 24.6 Å². The topological polar surface area (TPSA) is 44.8 Å². The average molecular weight is 278 g/mol. The molecule has 1 fully saturated rings. The van der Waals surface area contributed by atoms with Crippen LogP contribution in [0.3, 0.4) is 0 Å². The van der Waals surface area contributed by atoms with Crippen molar-refractivity contribution in [3.63, 3.8) is 0 Å². The zero-order chi connectivity index (χ0) is 14.4. The minimum atomic E-state index is -0.392. The molecule has 0 spiro atoms. The Morgan fingerprint density at radius 3 is 2.60 bits per heavy atom. The van der Waals surface area contributed by atoms with Crippen LogP contribution < -0.4 is 0 Å². The molecule has 4 nitrogen and oxygen atoms in total. The molecule has 0 saturated carbocycles. The van der Waals surface area contributed by atoms with Gasteiger partial charge < -0.3 is 14.2 Å². The number of methoxy groups -OCH3 is 1. The molecule has 1 unspecified atom stereocenters. The number of rotatable bonds is 5. The Balaban J connectivity index is 2.06. The molecular formula is C16H22O4. The van der Waals surface area contributed by atoms with E-state index < -0.39 is 6.29 Å². The van der Waals surface area contributed by atoms with E-state index in [0.717, 1.165) is 24.8 Å². The van der Waals surface area contributed by atoms with Crippen LogP contribution in [0.1, 0.15) is 44.5 Å². The van der Waals surface area contributed by atoms with Gasteiger partial charge in [-0.3, -0.25) is 4.79 Å². The summed E-state index contributed by atoms with van der Waals surface area (Å²) in [4.78, 5) is 11.4. The van der Waals surface area contributed by atoms with Crippen molar-refractivity contribution in [1.29, 1.82) is 0 Å². The zero-order valence-corrected chi connectivity index (χ0v) is 12.1. The quantitative estimate of drug-likeness (QED) is 0.776. The van der Waals surface area contributed by atoms with Crippen molar-refractivity contribution in [3.05, 3.63) is 35.9 Å². The van der Waals surface area contributed by atoms with E-state index in [2.05, 4.69) is 6.92 Å². The number of benzene rings is 1. The minimum absolute atomic E-state index is 0.133. The highest BCUT2D eigenvalue weighted by Gasteiger charge is 2.31. The Hall–Kier alpha value is -1.39. The van der Waals surface area contributed by atoms with Gasteiger partial charge in [-0.1, -0.05) is 43.7 Å². The van der Waals surface area contributed by atoms with Gasteiger partial charge in [-0.2, -0.15) is 0 Å². The van der Waals surface area contributed by atoms with Crippen LogP contribution in [0.25, 0.3) is 0 Å². The second kappa shape index (κ2) is 7.41. The molecule has 0 amide bonds. The molecule has 0 N–H and O–H groups in total. The lowest BCUT2D eigenvalue weighted by molar-refractivity contribution is -0.250. The number of ether oxygens (including phenoxy) is 3. The Morgan fingerprint density at radius 1 is 1.25 bits per heavy atom. The van der Waals surface area contributed by atoms with E-state index in [9.17, 15) is 4.79 Å². The van der Waals surface area contributed by atoms with Crippen molar-refractivity contribution < 1.29 is 19.0 Å². The summed E-state index contributed by atoms with van der Waals surface area (Å²) in [7, 11) is 1.40. The summed E-state index contributed by atoms with van der Waals surface area (Å²) in [5.41, 5.74) is 0.989. The van der Waals surface area contributed by atoms with Crippen LogP contribution in [-0.4, -0.2) is 25.3 Å². The first kappa shape index (κ1) is 15.0. The van der Waals surface area contributed by atoms with Crippen molar-refractivity contribution in [3.8, 4) is 0 Å². The Kier molecular flexibility index (Phi) is 5.56. The smallest absolute Gasteiger partial charge is 0.308 e. The molecule has 20 heavy (non-hydrogen) atoms. The summed E-state index contributed by atoms with van der Waals surface area (Å²) in [6.07, 6.45) is 2.65. The average Bonchev–Trinajstić information content (AvgIpc) is 2.48. The van der Waals surface area contributed by atoms with Gasteiger partial charge in [-0.15, -0.1) is 0 Å². The highest BCUT2D eigenvalue weighted by Crippen LogP contribution is 2.32. The SMILES string of the molecule is CCC[C@H]1C[C@@H](CC(=O)OC)OC(c2ccccc2)O1. The molecule has 1 aromatic rings. The second-order valence-electron chi connectivity index (χ2n) is 5.06. The van der Waals surface area contributed by atoms with Gasteiger partial charge in [0, 0.05) is 12.0 Å². The van der Waals surface area contributed by atoms with Crippen LogP contribution in [0.5, 0.6) is 0 Å². The third-order valence-corrected chi connectivity index (χ3v) is 3.46. The van der Waals surface area contributed by atoms with Gasteiger partial charge >= 0.3 is 5.97 Å². The maximum absolute atomic E-state index is 11.4. The summed E-state index contributed by atoms with van der Waals surface area (Å²) in [5.74, 6) is -0.237. The van der Waals surface area contributed by atoms with Crippen LogP contribution in [0.2, 0.25) is 0 Å². The summed E-state index contributed by atoms with van der Waals surface area (Å²) >= 11 is 0. The zero-order valence-electron chi connectivity index (χ0n) is 12.1. The number of hydrogen-bond donors (Lipinski definition) is 0. The summed E-state index contributed by atoms with van der Waals surface area (Å²) in [6.45, 7) is 2.13. The van der Waals surface area contributed by atoms with Crippen LogP contribution in [-0.2, 0) is 19.0 Å². The maximum Gasteiger partial charge on any atom is 0.308 e. The lowest BCUT2D eigenvalue weighted by Crippen LogP contribution is -2.35. The number of carbonyl (C=O) groups excluding carboxylic acids is 1. The van der Waals surface area contributed by atoms with Crippen molar-refractivity contribution in [1.82, 2.24) is 0 Å². The molecule has 2 rings (SSSR count). The molecule has 1 saturated heterocycles. The second-order valence-corrected chi connectivity index (χ2v) is 5.06. The highest BCUT2D eigenvalue weighted by molar-refractivity contribution is 5.69. The van der Waals surface area contributed by atoms with Crippen molar-refractivity contribution >= 4 is 5.97 Å². The third kappa shape index (κ3) is 4.05. The lowest BCUT2D eigenvalue weighted by atomic mass is 10.0. The molecule has 1 heterocycles. The van der Waals surface area contributed by atoms with E-state index in [4.69, 9.17) is 14.2 Å². The molecule has 0 aliphatic carbocycles. The molecular weight excluding hydrogens is 256 g/mol. The van der Waals surface area contributed by atoms with E-state index in [0.29, 0.717) is 0 Å². The van der Waals surface area contributed by atoms with Gasteiger partial charge in [0.15, 0.2) is 6.29 Å². The van der Waals surface area contributed by atoms with Gasteiger partial charge in [-0.05, 0) is 6.42 Å². The monoisotopic (exact) mass is 278 g/mol. The molecule has 4 heteroatoms. The molecule has 0 radical (unpaired) electrons. The fourth-order valence-corrected chi connectivity index (χ4v) is 2.46. The molecule has 3 atom stereocenters. The largest absolute Gasteiger partial charge is 0.469 e. The van der Waals surface area contributed by atoms with Crippen molar-refractivity contribution in [2.75, 3.05) is 7.11 Å². The fourth-order valence-electron chi connectivity index (χ4n) is 2.46. The molecule has 0 bridgehead atoms. The standard InChI is InChI=1S/C16H22O4/c1-3-7-13-10-14(11-15(17)18-2)20-16(19-13)12-8-5-4-6-9-12/h4-6,8-9,13-14,16H,3,7,10-11H2,1-2H3/t13-,14-,16?/m0/s1. The van der Waals surface area contributed by atoms with Gasteiger partial charge in [0.25, 0.3) is 0 Å². The molecule has 0 aromatic heterocycles. The fraction of sp³-hybridized carbons (Fsp3) is 0.562. The van der Waals surface area contributed by atoms with Crippen LogP contribution in [0, 0.1) is 0 Å². The normalized spacial score (nSPS) is 26.2. The van der Waals surface area contributed by atoms with Crippen LogP contribution in [0.15, 0.2) is 30.3 Å². The summed E-state index contributed by atoms with van der Waals surface area (Å²) in [6, 6.07) is 9.84. The lowest BCUT2D eigenvalue weighted by Gasteiger charge is -2.35. The molecule has 1 aliphatic heterocycles. The summed E-state index contributed by atoms with van der Waals surface area (Å²) in [5, 5.41) is 0. The van der Waals surface area contributed by atoms with E-state index in [1.54, 1.807) is 0 Å². The Labute approximate surface area is 120 Å². The molecule has 110 valence electrons. The molecule has 1 aromatic carbocycles. The highest BCUT2D eigenvalue weighted by atomic mass is 16.7. The number of esters is 1. The van der Waals surface area contributed by atoms with Gasteiger partial charge in [0.2, 0.25) is 0 Å². The summed E-state index contributed by atoms with van der Waals surface area (Å²) < 4.78 is 16.6. The van der Waals surface area contributed by atoms with Crippen molar-refractivity contribution in [2.24, 2.45) is 0 Å². The minimum Gasteiger partial charge on any atom is -0.469 e. The Bertz CT molecular complexity index is 418. The number of hydrogen-bond acceptors (Lipinski definition) is 4. The van der Waals surface area contributed by atoms with Gasteiger partial charge in [0.05, 0.1) is 25.7 Å². The van der Waals surface area contributed by atoms with Crippen molar-refractivity contribution in [2.45, 2.75) is 51.1 Å². The predicted octanol–water partition coefficient (Wildman–Crippen LogP) is 3.22. The Morgan fingerprint density at radius 2 is 1.95 bits per heavy atom. The van der Waals surface area contributed by atoms with Gasteiger partial charge in [0.1, 0.15) is 0 Å². The van der Waals surface area contributed by atoms with E-state index >= 15 is 0 Å². The van der Waals surface area contributed by atoms with E-state index in [1.165, 1.54) is 7.11 Å². The van der Waals surface area contributed by atoms with Crippen LogP contribution in [0.4, 0.5) is 0 Å². The predicted molar refractivity (Wildman–Crippen MR) is 75.1 cm³/mol. The van der Waals surface area contributed by atoms with Crippen LogP contribution >= 0.6 is 0 Å². The first-order chi connectivity index (χ1) is 9.72. The van der Waals surface area contributed by atoms with Gasteiger partial charge in [-0.25, -0.2) is 0 Å². The first-order valence-electron chi connectivity index (χ1n) is 7.15.